The van der Waals surface area contributed by atoms with Gasteiger partial charge in [0.25, 0.3) is 5.91 Å². The molecule has 368 valence electrons. The zero-order valence-electron chi connectivity index (χ0n) is 42.0. The minimum Gasteiger partial charge on any atom is -0.464 e. The molecule has 1 unspecified atom stereocenters. The molecule has 3 aliphatic heterocycles. The number of aryl methyl sites for hydroxylation is 1. The number of carbonyl (C=O) groups excluding carboxylic acids is 5. The number of pyridine rings is 1. The van der Waals surface area contributed by atoms with Crippen LogP contribution in [0.3, 0.4) is 0 Å². The highest BCUT2D eigenvalue weighted by Crippen LogP contribution is 2.42. The minimum atomic E-state index is -1.09. The van der Waals surface area contributed by atoms with Gasteiger partial charge in [-0.25, -0.2) is 10.4 Å². The van der Waals surface area contributed by atoms with E-state index in [4.69, 9.17) is 19.4 Å². The van der Waals surface area contributed by atoms with Gasteiger partial charge in [-0.2, -0.15) is 0 Å². The van der Waals surface area contributed by atoms with Crippen molar-refractivity contribution in [1.29, 1.82) is 0 Å². The Labute approximate surface area is 405 Å². The normalized spacial score (nSPS) is 21.2. The molecule has 0 saturated carbocycles. The molecule has 68 heavy (non-hydrogen) atoms. The number of ether oxygens (including phenoxy) is 2. The van der Waals surface area contributed by atoms with Crippen LogP contribution in [0.1, 0.15) is 97.0 Å². The zero-order valence-corrected chi connectivity index (χ0v) is 42.8. The van der Waals surface area contributed by atoms with Crippen molar-refractivity contribution in [3.05, 3.63) is 58.2 Å². The maximum atomic E-state index is 14.7. The number of hydrogen-bond acceptors (Lipinski definition) is 12. The summed E-state index contributed by atoms with van der Waals surface area (Å²) in [5.74, 6) is -2.43. The first-order valence-corrected chi connectivity index (χ1v) is 24.9. The number of hydrazine groups is 1. The summed E-state index contributed by atoms with van der Waals surface area (Å²) >= 11 is 1.41. The lowest BCUT2D eigenvalue weighted by molar-refractivity contribution is -0.155. The third kappa shape index (κ3) is 10.2. The Morgan fingerprint density at radius 1 is 1.09 bits per heavy atom. The van der Waals surface area contributed by atoms with Crippen molar-refractivity contribution in [1.82, 2.24) is 45.0 Å². The zero-order chi connectivity index (χ0) is 49.4. The van der Waals surface area contributed by atoms with Gasteiger partial charge in [-0.05, 0) is 103 Å². The highest BCUT2D eigenvalue weighted by Gasteiger charge is 2.43. The first-order valence-electron chi connectivity index (χ1n) is 24.0. The van der Waals surface area contributed by atoms with E-state index < -0.39 is 52.8 Å². The second-order valence-corrected chi connectivity index (χ2v) is 21.5. The van der Waals surface area contributed by atoms with Crippen molar-refractivity contribution in [3.8, 4) is 22.5 Å². The van der Waals surface area contributed by atoms with Crippen molar-refractivity contribution in [2.75, 3.05) is 54.5 Å². The van der Waals surface area contributed by atoms with Crippen molar-refractivity contribution in [3.63, 3.8) is 0 Å². The SMILES string of the molecule is CCn1c(-c2cccnc2[C@H](C)OC)c2c3cc(ccc31)-c1csc(n1)C[C@H](NC(=O)C(C(C)C)N(C)C(=O)[C@H]1CCN(C(=O)C(C)(C)N(C)C)C1)C(=O)N1CCC[C@H](N1)C(=O)OCC(C)(C)C2. The van der Waals surface area contributed by atoms with Crippen LogP contribution in [0.2, 0.25) is 0 Å². The Bertz CT molecular complexity index is 2530. The fourth-order valence-electron chi connectivity index (χ4n) is 9.90. The van der Waals surface area contributed by atoms with Gasteiger partial charge in [0.1, 0.15) is 18.1 Å². The molecule has 16 nitrogen and oxygen atoms in total. The van der Waals surface area contributed by atoms with E-state index in [1.807, 2.05) is 65.1 Å². The van der Waals surface area contributed by atoms with Gasteiger partial charge in [-0.15, -0.1) is 11.3 Å². The molecule has 0 spiro atoms. The van der Waals surface area contributed by atoms with E-state index in [1.165, 1.54) is 21.2 Å². The molecule has 17 heteroatoms. The van der Waals surface area contributed by atoms with Crippen LogP contribution < -0.4 is 10.7 Å². The van der Waals surface area contributed by atoms with Crippen LogP contribution >= 0.6 is 11.3 Å². The van der Waals surface area contributed by atoms with Gasteiger partial charge in [0, 0.05) is 85.8 Å². The summed E-state index contributed by atoms with van der Waals surface area (Å²) in [6.45, 7) is 17.6. The van der Waals surface area contributed by atoms with E-state index in [0.29, 0.717) is 50.3 Å². The fourth-order valence-corrected chi connectivity index (χ4v) is 10.7. The number of fused-ring (bicyclic) bond motifs is 6. The summed E-state index contributed by atoms with van der Waals surface area (Å²) in [5.41, 5.74) is 8.53. The Kier molecular flexibility index (Phi) is 15.2. The second kappa shape index (κ2) is 20.4. The second-order valence-electron chi connectivity index (χ2n) is 20.6. The quantitative estimate of drug-likeness (QED) is 0.172. The number of methoxy groups -OCH3 is 1. The first kappa shape index (κ1) is 50.6. The molecule has 4 aromatic rings. The Balaban J connectivity index is 1.24. The first-order chi connectivity index (χ1) is 32.2. The van der Waals surface area contributed by atoms with Gasteiger partial charge >= 0.3 is 5.97 Å². The van der Waals surface area contributed by atoms with Crippen LogP contribution in [-0.2, 0) is 52.8 Å². The molecule has 3 aliphatic rings. The highest BCUT2D eigenvalue weighted by atomic mass is 32.1. The summed E-state index contributed by atoms with van der Waals surface area (Å²) in [7, 11) is 7.02. The van der Waals surface area contributed by atoms with Crippen LogP contribution in [0.15, 0.2) is 41.9 Å². The number of carbonyl (C=O) groups is 5. The molecule has 7 rings (SSSR count). The molecule has 2 N–H and O–H groups in total. The third-order valence-corrected chi connectivity index (χ3v) is 15.2. The molecule has 4 amide bonds. The fraction of sp³-hybridized carbons (Fsp3) is 0.588. The lowest BCUT2D eigenvalue weighted by atomic mass is 9.84. The van der Waals surface area contributed by atoms with E-state index >= 15 is 0 Å². The number of hydrogen-bond donors (Lipinski definition) is 2. The maximum Gasteiger partial charge on any atom is 0.324 e. The average molecular weight is 954 g/mol. The smallest absolute Gasteiger partial charge is 0.324 e. The molecule has 2 fully saturated rings. The summed E-state index contributed by atoms with van der Waals surface area (Å²) in [4.78, 5) is 85.8. The molecule has 5 atom stereocenters. The summed E-state index contributed by atoms with van der Waals surface area (Å²) in [6, 6.07) is 7.63. The molecule has 3 aromatic heterocycles. The Morgan fingerprint density at radius 2 is 1.84 bits per heavy atom. The van der Waals surface area contributed by atoms with E-state index in [0.717, 1.165) is 44.7 Å². The molecule has 1 aromatic carbocycles. The summed E-state index contributed by atoms with van der Waals surface area (Å²) in [5, 5.41) is 8.14. The van der Waals surface area contributed by atoms with Crippen LogP contribution in [0.25, 0.3) is 33.4 Å². The Morgan fingerprint density at radius 3 is 2.53 bits per heavy atom. The summed E-state index contributed by atoms with van der Waals surface area (Å²) in [6.07, 6.45) is 3.67. The summed E-state index contributed by atoms with van der Waals surface area (Å²) < 4.78 is 14.3. The van der Waals surface area contributed by atoms with Crippen molar-refractivity contribution < 1.29 is 33.4 Å². The lowest BCUT2D eigenvalue weighted by Gasteiger charge is -2.37. The largest absolute Gasteiger partial charge is 0.464 e. The standard InChI is InChI=1S/C51H71N9O7S/c1-13-59-40-19-18-32-24-35(40)36(44(59)34-16-14-21-52-42(34)31(4)66-12)26-50(5,6)29-67-48(64)37-17-15-22-60(55-37)47(63)38(25-41-53-39(32)28-68-41)54-45(61)43(30(2)3)57(11)46(62)33-20-23-58(27-33)49(65)51(7,8)56(9)10/h14,16,18-19,21,24,28,30-31,33,37-38,43,55H,13,15,17,20,22-23,25-27,29H2,1-12H3,(H,54,61)/t31-,33-,37-,38-,43?/m0/s1. The lowest BCUT2D eigenvalue weighted by Crippen LogP contribution is -2.62. The molecular weight excluding hydrogens is 883 g/mol. The number of nitrogens with zero attached hydrogens (tertiary/aromatic N) is 7. The van der Waals surface area contributed by atoms with E-state index in [-0.39, 0.29) is 43.4 Å². The number of benzene rings is 1. The van der Waals surface area contributed by atoms with Crippen molar-refractivity contribution in [2.24, 2.45) is 17.3 Å². The van der Waals surface area contributed by atoms with Gasteiger partial charge < -0.3 is 29.2 Å². The van der Waals surface area contributed by atoms with Crippen LogP contribution in [0, 0.1) is 17.3 Å². The van der Waals surface area contributed by atoms with Crippen molar-refractivity contribution in [2.45, 2.75) is 124 Å². The minimum absolute atomic E-state index is 0.0541. The molecule has 0 aliphatic carbocycles. The number of aromatic nitrogens is 3. The molecule has 6 bridgehead atoms. The van der Waals surface area contributed by atoms with E-state index in [1.54, 1.807) is 25.3 Å². The topological polar surface area (TPSA) is 172 Å². The predicted molar refractivity (Wildman–Crippen MR) is 263 cm³/mol. The highest BCUT2D eigenvalue weighted by molar-refractivity contribution is 7.10. The molecular formula is C51H71N9O7S. The van der Waals surface area contributed by atoms with Gasteiger partial charge in [-0.1, -0.05) is 33.8 Å². The molecule has 0 radical (unpaired) electrons. The Hall–Kier alpha value is -5.23. The predicted octanol–water partition coefficient (Wildman–Crippen LogP) is 5.87. The van der Waals surface area contributed by atoms with Gasteiger partial charge in [0.15, 0.2) is 0 Å². The number of likely N-dealkylation sites (tertiary alicyclic amines) is 1. The van der Waals surface area contributed by atoms with Crippen LogP contribution in [-0.4, -0.2) is 142 Å². The number of cyclic esters (lactones) is 1. The number of thiazole rings is 1. The average Bonchev–Trinajstić information content (AvgIpc) is 4.07. The molecule has 2 saturated heterocycles. The third-order valence-electron chi connectivity index (χ3n) is 14.3. The monoisotopic (exact) mass is 954 g/mol. The van der Waals surface area contributed by atoms with E-state index in [2.05, 4.69) is 60.3 Å². The maximum absolute atomic E-state index is 14.7. The number of likely N-dealkylation sites (N-methyl/N-ethyl adjacent to an activating group) is 2. The van der Waals surface area contributed by atoms with Crippen LogP contribution in [0.5, 0.6) is 0 Å². The van der Waals surface area contributed by atoms with E-state index in [9.17, 15) is 24.0 Å². The number of amides is 4. The number of esters is 1. The van der Waals surface area contributed by atoms with Gasteiger partial charge in [0.05, 0.1) is 46.3 Å². The van der Waals surface area contributed by atoms with Crippen LogP contribution in [0.4, 0.5) is 0 Å². The molecule has 6 heterocycles. The van der Waals surface area contributed by atoms with Crippen molar-refractivity contribution >= 4 is 51.8 Å². The number of rotatable bonds is 11. The number of nitrogens with one attached hydrogen (secondary N) is 2. The van der Waals surface area contributed by atoms with Gasteiger partial charge in [-0.3, -0.25) is 38.9 Å². The van der Waals surface area contributed by atoms with Gasteiger partial charge in [0.2, 0.25) is 17.7 Å².